The third-order valence-corrected chi connectivity index (χ3v) is 2.73. The lowest BCUT2D eigenvalue weighted by molar-refractivity contribution is 0.111. The van der Waals surface area contributed by atoms with E-state index in [-0.39, 0.29) is 5.82 Å². The number of aromatic nitrogens is 2. The topological polar surface area (TPSA) is 52.1 Å². The maximum atomic E-state index is 10.7. The van der Waals surface area contributed by atoms with Crippen LogP contribution in [0.25, 0.3) is 11.3 Å². The summed E-state index contributed by atoms with van der Waals surface area (Å²) in [6.07, 6.45) is 3.15. The molecule has 0 radical (unpaired) electrons. The van der Waals surface area contributed by atoms with Crippen LogP contribution in [0.5, 0.6) is 5.75 Å². The van der Waals surface area contributed by atoms with Gasteiger partial charge in [-0.1, -0.05) is 13.0 Å². The van der Waals surface area contributed by atoms with Gasteiger partial charge in [0.05, 0.1) is 12.8 Å². The van der Waals surface area contributed by atoms with Crippen molar-refractivity contribution in [3.63, 3.8) is 0 Å². The number of aryl methyl sites for hydroxylation is 1. The lowest BCUT2D eigenvalue weighted by atomic mass is 10.0. The summed E-state index contributed by atoms with van der Waals surface area (Å²) < 4.78 is 5.32. The zero-order valence-electron chi connectivity index (χ0n) is 10.4. The van der Waals surface area contributed by atoms with Gasteiger partial charge in [-0.15, -0.1) is 0 Å². The van der Waals surface area contributed by atoms with Crippen molar-refractivity contribution in [2.45, 2.75) is 13.3 Å². The molecule has 1 aromatic carbocycles. The third-order valence-electron chi connectivity index (χ3n) is 2.73. The molecule has 0 N–H and O–H groups in total. The molecule has 0 spiro atoms. The molecule has 0 saturated carbocycles. The van der Waals surface area contributed by atoms with Crippen LogP contribution < -0.4 is 4.74 Å². The fraction of sp³-hybridized carbons (Fsp3) is 0.214. The van der Waals surface area contributed by atoms with Crippen molar-refractivity contribution in [3.8, 4) is 17.0 Å². The molecule has 18 heavy (non-hydrogen) atoms. The summed E-state index contributed by atoms with van der Waals surface area (Å²) in [5.74, 6) is 0.916. The van der Waals surface area contributed by atoms with E-state index in [9.17, 15) is 4.79 Å². The quantitative estimate of drug-likeness (QED) is 0.773. The maximum absolute atomic E-state index is 10.7. The maximum Gasteiger partial charge on any atom is 0.193 e. The van der Waals surface area contributed by atoms with E-state index in [4.69, 9.17) is 4.74 Å². The number of ether oxygens (including phenoxy) is 1. The first-order valence-electron chi connectivity index (χ1n) is 5.74. The van der Waals surface area contributed by atoms with E-state index < -0.39 is 0 Å². The lowest BCUT2D eigenvalue weighted by Crippen LogP contribution is -1.96. The molecule has 0 aliphatic rings. The molecule has 0 bridgehead atoms. The molecule has 0 atom stereocenters. The first kappa shape index (κ1) is 12.2. The summed E-state index contributed by atoms with van der Waals surface area (Å²) in [6, 6.07) is 7.72. The van der Waals surface area contributed by atoms with Crippen molar-refractivity contribution in [2.75, 3.05) is 7.11 Å². The molecule has 0 aliphatic carbocycles. The van der Waals surface area contributed by atoms with Gasteiger partial charge < -0.3 is 4.74 Å². The van der Waals surface area contributed by atoms with Crippen molar-refractivity contribution in [1.29, 1.82) is 0 Å². The lowest BCUT2D eigenvalue weighted by Gasteiger charge is -2.09. The minimum absolute atomic E-state index is 0.177. The molecule has 1 aromatic heterocycles. The van der Waals surface area contributed by atoms with Gasteiger partial charge in [0.15, 0.2) is 12.1 Å². The molecule has 0 fully saturated rings. The molecule has 0 unspecified atom stereocenters. The van der Waals surface area contributed by atoms with Gasteiger partial charge in [0.1, 0.15) is 5.75 Å². The molecular formula is C14H14N2O2. The number of carbonyl (C=O) groups is 1. The van der Waals surface area contributed by atoms with Gasteiger partial charge in [-0.05, 0) is 30.2 Å². The fourth-order valence-corrected chi connectivity index (χ4v) is 1.76. The van der Waals surface area contributed by atoms with Gasteiger partial charge in [-0.3, -0.25) is 4.79 Å². The van der Waals surface area contributed by atoms with Crippen LogP contribution in [0.15, 0.2) is 30.5 Å². The minimum Gasteiger partial charge on any atom is -0.496 e. The zero-order valence-corrected chi connectivity index (χ0v) is 10.4. The first-order chi connectivity index (χ1) is 8.78. The fourth-order valence-electron chi connectivity index (χ4n) is 1.76. The number of benzene rings is 1. The Hall–Kier alpha value is -2.23. The van der Waals surface area contributed by atoms with E-state index in [1.807, 2.05) is 18.2 Å². The SMILES string of the molecule is CCc1ccc(OC)c(-c2ccnc(C=O)n2)c1. The van der Waals surface area contributed by atoms with E-state index in [0.29, 0.717) is 12.0 Å². The van der Waals surface area contributed by atoms with Gasteiger partial charge in [0, 0.05) is 11.8 Å². The smallest absolute Gasteiger partial charge is 0.193 e. The van der Waals surface area contributed by atoms with Crippen molar-refractivity contribution in [1.82, 2.24) is 9.97 Å². The van der Waals surface area contributed by atoms with Crippen molar-refractivity contribution in [3.05, 3.63) is 41.9 Å². The first-order valence-corrected chi connectivity index (χ1v) is 5.74. The Morgan fingerprint density at radius 3 is 2.83 bits per heavy atom. The predicted octanol–water partition coefficient (Wildman–Crippen LogP) is 2.53. The Balaban J connectivity index is 2.56. The van der Waals surface area contributed by atoms with Gasteiger partial charge in [0.2, 0.25) is 0 Å². The average molecular weight is 242 g/mol. The summed E-state index contributed by atoms with van der Waals surface area (Å²) in [7, 11) is 1.62. The van der Waals surface area contributed by atoms with Gasteiger partial charge in [-0.25, -0.2) is 9.97 Å². The molecule has 2 aromatic rings. The van der Waals surface area contributed by atoms with Crippen LogP contribution in [0.4, 0.5) is 0 Å². The molecule has 4 heteroatoms. The van der Waals surface area contributed by atoms with Gasteiger partial charge >= 0.3 is 0 Å². The molecular weight excluding hydrogens is 228 g/mol. The Morgan fingerprint density at radius 1 is 1.33 bits per heavy atom. The van der Waals surface area contributed by atoms with Gasteiger partial charge in [-0.2, -0.15) is 0 Å². The Morgan fingerprint density at radius 2 is 2.17 bits per heavy atom. The second-order valence-electron chi connectivity index (χ2n) is 3.81. The van der Waals surface area contributed by atoms with Crippen LogP contribution in [-0.2, 0) is 6.42 Å². The van der Waals surface area contributed by atoms with Crippen LogP contribution in [0.1, 0.15) is 23.1 Å². The summed E-state index contributed by atoms with van der Waals surface area (Å²) in [6.45, 7) is 2.09. The average Bonchev–Trinajstić information content (AvgIpc) is 2.46. The monoisotopic (exact) mass is 242 g/mol. The molecule has 0 amide bonds. The number of rotatable bonds is 4. The van der Waals surface area contributed by atoms with Crippen LogP contribution >= 0.6 is 0 Å². The second-order valence-corrected chi connectivity index (χ2v) is 3.81. The van der Waals surface area contributed by atoms with Crippen molar-refractivity contribution >= 4 is 6.29 Å². The number of methoxy groups -OCH3 is 1. The van der Waals surface area contributed by atoms with E-state index in [1.54, 1.807) is 19.4 Å². The van der Waals surface area contributed by atoms with E-state index in [2.05, 4.69) is 16.9 Å². The van der Waals surface area contributed by atoms with Crippen molar-refractivity contribution < 1.29 is 9.53 Å². The number of hydrogen-bond acceptors (Lipinski definition) is 4. The largest absolute Gasteiger partial charge is 0.496 e. The number of nitrogens with zero attached hydrogens (tertiary/aromatic N) is 2. The highest BCUT2D eigenvalue weighted by Crippen LogP contribution is 2.29. The summed E-state index contributed by atoms with van der Waals surface area (Å²) in [5.41, 5.74) is 2.76. The highest BCUT2D eigenvalue weighted by atomic mass is 16.5. The van der Waals surface area contributed by atoms with Crippen LogP contribution in [0, 0.1) is 0 Å². The van der Waals surface area contributed by atoms with E-state index in [1.165, 1.54) is 5.56 Å². The van der Waals surface area contributed by atoms with E-state index >= 15 is 0 Å². The highest BCUT2D eigenvalue weighted by Gasteiger charge is 2.09. The second kappa shape index (κ2) is 5.40. The van der Waals surface area contributed by atoms with Crippen LogP contribution in [0.3, 0.4) is 0 Å². The summed E-state index contributed by atoms with van der Waals surface area (Å²) >= 11 is 0. The highest BCUT2D eigenvalue weighted by molar-refractivity contribution is 5.73. The Labute approximate surface area is 106 Å². The molecule has 0 aliphatic heterocycles. The number of hydrogen-bond donors (Lipinski definition) is 0. The third kappa shape index (κ3) is 2.37. The van der Waals surface area contributed by atoms with Crippen LogP contribution in [-0.4, -0.2) is 23.4 Å². The van der Waals surface area contributed by atoms with Crippen molar-refractivity contribution in [2.24, 2.45) is 0 Å². The van der Waals surface area contributed by atoms with E-state index in [0.717, 1.165) is 17.7 Å². The predicted molar refractivity (Wildman–Crippen MR) is 68.8 cm³/mol. The normalized spacial score (nSPS) is 10.1. The standard InChI is InChI=1S/C14H14N2O2/c1-3-10-4-5-13(18-2)11(8-10)12-6-7-15-14(9-17)16-12/h4-9H,3H2,1-2H3. The molecule has 2 rings (SSSR count). The molecule has 0 saturated heterocycles. The minimum atomic E-state index is 0.177. The summed E-state index contributed by atoms with van der Waals surface area (Å²) in [4.78, 5) is 18.8. The molecule has 92 valence electrons. The Bertz CT molecular complexity index is 567. The van der Waals surface area contributed by atoms with Crippen LogP contribution in [0.2, 0.25) is 0 Å². The molecule has 4 nitrogen and oxygen atoms in total. The van der Waals surface area contributed by atoms with Gasteiger partial charge in [0.25, 0.3) is 0 Å². The summed E-state index contributed by atoms with van der Waals surface area (Å²) in [5, 5.41) is 0. The number of aldehydes is 1. The number of carbonyl (C=O) groups excluding carboxylic acids is 1. The Kier molecular flexibility index (Phi) is 3.67. The molecule has 1 heterocycles. The zero-order chi connectivity index (χ0) is 13.0.